The lowest BCUT2D eigenvalue weighted by atomic mass is 10.1. The molecule has 0 radical (unpaired) electrons. The lowest BCUT2D eigenvalue weighted by Crippen LogP contribution is -2.06. The summed E-state index contributed by atoms with van der Waals surface area (Å²) in [4.78, 5) is 3.03. The highest BCUT2D eigenvalue weighted by Gasteiger charge is 2.05. The van der Waals surface area contributed by atoms with Gasteiger partial charge in [-0.15, -0.1) is 0 Å². The van der Waals surface area contributed by atoms with Gasteiger partial charge >= 0.3 is 0 Å². The maximum Gasteiger partial charge on any atom is 0.0569 e. The normalized spacial score (nSPS) is 10.5. The van der Waals surface area contributed by atoms with Gasteiger partial charge in [0.2, 0.25) is 0 Å². The molecule has 0 bridgehead atoms. The van der Waals surface area contributed by atoms with Gasteiger partial charge in [-0.1, -0.05) is 0 Å². The second-order valence-electron chi connectivity index (χ2n) is 2.89. The summed E-state index contributed by atoms with van der Waals surface area (Å²) >= 11 is 0. The van der Waals surface area contributed by atoms with Crippen molar-refractivity contribution >= 4 is 0 Å². The van der Waals surface area contributed by atoms with E-state index in [1.807, 2.05) is 31.7 Å². The van der Waals surface area contributed by atoms with Crippen LogP contribution < -0.4 is 5.32 Å². The summed E-state index contributed by atoms with van der Waals surface area (Å²) in [5, 5.41) is 10.1. The monoisotopic (exact) mass is 176 g/mol. The van der Waals surface area contributed by atoms with Crippen LogP contribution in [0.5, 0.6) is 0 Å². The Labute approximate surface area is 76.4 Å². The van der Waals surface area contributed by atoms with E-state index >= 15 is 0 Å². The first kappa shape index (κ1) is 8.07. The van der Waals surface area contributed by atoms with Gasteiger partial charge in [-0.05, 0) is 13.1 Å². The molecule has 2 heterocycles. The molecule has 0 saturated carbocycles. The number of nitrogens with one attached hydrogen (secondary N) is 3. The van der Waals surface area contributed by atoms with Crippen LogP contribution in [0.15, 0.2) is 24.7 Å². The van der Waals surface area contributed by atoms with E-state index in [4.69, 9.17) is 0 Å². The van der Waals surface area contributed by atoms with Crippen molar-refractivity contribution in [1.82, 2.24) is 20.5 Å². The fourth-order valence-electron chi connectivity index (χ4n) is 1.36. The average molecular weight is 176 g/mol. The summed E-state index contributed by atoms with van der Waals surface area (Å²) in [5.41, 5.74) is 3.43. The van der Waals surface area contributed by atoms with Gasteiger partial charge in [-0.2, -0.15) is 5.10 Å². The number of hydrogen-bond acceptors (Lipinski definition) is 2. The lowest BCUT2D eigenvalue weighted by Gasteiger charge is -1.98. The molecule has 4 nitrogen and oxygen atoms in total. The van der Waals surface area contributed by atoms with Crippen LogP contribution in [0, 0.1) is 0 Å². The summed E-state index contributed by atoms with van der Waals surface area (Å²) in [5.74, 6) is 0. The first-order valence-electron chi connectivity index (χ1n) is 4.22. The van der Waals surface area contributed by atoms with Crippen molar-refractivity contribution in [3.05, 3.63) is 30.4 Å². The lowest BCUT2D eigenvalue weighted by molar-refractivity contribution is 0.785. The van der Waals surface area contributed by atoms with Gasteiger partial charge in [0.15, 0.2) is 0 Å². The molecule has 0 saturated heterocycles. The van der Waals surface area contributed by atoms with Crippen LogP contribution in [-0.4, -0.2) is 22.2 Å². The predicted octanol–water partition coefficient (Wildman–Crippen LogP) is 1.12. The van der Waals surface area contributed by atoms with E-state index in [9.17, 15) is 0 Å². The zero-order chi connectivity index (χ0) is 9.10. The summed E-state index contributed by atoms with van der Waals surface area (Å²) < 4.78 is 0. The van der Waals surface area contributed by atoms with Crippen LogP contribution in [0.1, 0.15) is 5.69 Å². The number of aromatic nitrogens is 3. The molecule has 2 rings (SSSR count). The number of aromatic amines is 2. The third-order valence-corrected chi connectivity index (χ3v) is 1.98. The maximum absolute atomic E-state index is 4.02. The van der Waals surface area contributed by atoms with E-state index in [2.05, 4.69) is 20.5 Å². The minimum Gasteiger partial charge on any atom is -0.367 e. The molecule has 3 N–H and O–H groups in total. The van der Waals surface area contributed by atoms with E-state index in [1.54, 1.807) is 0 Å². The molecule has 68 valence electrons. The minimum absolute atomic E-state index is 0.806. The Morgan fingerprint density at radius 1 is 1.54 bits per heavy atom. The summed E-state index contributed by atoms with van der Waals surface area (Å²) in [6.45, 7) is 0.806. The largest absolute Gasteiger partial charge is 0.367 e. The smallest absolute Gasteiger partial charge is 0.0569 e. The Balaban J connectivity index is 2.35. The zero-order valence-corrected chi connectivity index (χ0v) is 7.46. The van der Waals surface area contributed by atoms with E-state index in [0.717, 1.165) is 17.8 Å². The molecule has 0 aliphatic rings. The van der Waals surface area contributed by atoms with Crippen molar-refractivity contribution in [3.63, 3.8) is 0 Å². The molecule has 0 atom stereocenters. The summed E-state index contributed by atoms with van der Waals surface area (Å²) in [6, 6.07) is 2.03. The van der Waals surface area contributed by atoms with Gasteiger partial charge in [-0.25, -0.2) is 0 Å². The van der Waals surface area contributed by atoms with E-state index in [-0.39, 0.29) is 0 Å². The van der Waals surface area contributed by atoms with Crippen molar-refractivity contribution in [2.75, 3.05) is 7.05 Å². The van der Waals surface area contributed by atoms with Crippen LogP contribution >= 0.6 is 0 Å². The molecule has 2 aromatic heterocycles. The Hall–Kier alpha value is -1.55. The molecule has 4 heteroatoms. The summed E-state index contributed by atoms with van der Waals surface area (Å²) in [7, 11) is 1.92. The fourth-order valence-corrected chi connectivity index (χ4v) is 1.36. The molecular formula is C9H12N4. The Bertz CT molecular complexity index is 361. The molecule has 0 aromatic carbocycles. The van der Waals surface area contributed by atoms with Gasteiger partial charge < -0.3 is 10.3 Å². The van der Waals surface area contributed by atoms with Crippen molar-refractivity contribution in [3.8, 4) is 11.1 Å². The Kier molecular flexibility index (Phi) is 2.14. The molecule has 2 aromatic rings. The Morgan fingerprint density at radius 2 is 2.46 bits per heavy atom. The fraction of sp³-hybridized carbons (Fsp3) is 0.222. The van der Waals surface area contributed by atoms with Crippen molar-refractivity contribution in [2.45, 2.75) is 6.54 Å². The topological polar surface area (TPSA) is 56.5 Å². The molecule has 0 unspecified atom stereocenters. The quantitative estimate of drug-likeness (QED) is 0.656. The van der Waals surface area contributed by atoms with Crippen molar-refractivity contribution in [2.24, 2.45) is 0 Å². The Morgan fingerprint density at radius 3 is 3.15 bits per heavy atom. The zero-order valence-electron chi connectivity index (χ0n) is 7.46. The van der Waals surface area contributed by atoms with Crippen molar-refractivity contribution in [1.29, 1.82) is 0 Å². The van der Waals surface area contributed by atoms with Crippen LogP contribution in [0.3, 0.4) is 0 Å². The number of nitrogens with zero attached hydrogens (tertiary/aromatic N) is 1. The third kappa shape index (κ3) is 1.48. The highest BCUT2D eigenvalue weighted by Crippen LogP contribution is 2.20. The van der Waals surface area contributed by atoms with Gasteiger partial charge in [0.05, 0.1) is 11.9 Å². The van der Waals surface area contributed by atoms with E-state index < -0.39 is 0 Å². The second kappa shape index (κ2) is 3.45. The molecule has 0 fully saturated rings. The summed E-state index contributed by atoms with van der Waals surface area (Å²) in [6.07, 6.45) is 5.71. The highest BCUT2D eigenvalue weighted by molar-refractivity contribution is 5.64. The third-order valence-electron chi connectivity index (χ3n) is 1.98. The molecule has 13 heavy (non-hydrogen) atoms. The molecular weight excluding hydrogens is 164 g/mol. The molecule has 0 aliphatic carbocycles. The molecule has 0 aliphatic heterocycles. The standard InChI is InChI=1S/C9H12N4/c1-10-6-9-8(5-12-13-9)7-2-3-11-4-7/h2-5,10-11H,6H2,1H3,(H,12,13). The molecule has 0 spiro atoms. The predicted molar refractivity (Wildman–Crippen MR) is 51.1 cm³/mol. The SMILES string of the molecule is CNCc1[nH]ncc1-c1cc[nH]c1. The second-order valence-corrected chi connectivity index (χ2v) is 2.89. The van der Waals surface area contributed by atoms with Gasteiger partial charge in [-0.3, -0.25) is 5.10 Å². The first-order chi connectivity index (χ1) is 6.42. The highest BCUT2D eigenvalue weighted by atomic mass is 15.1. The average Bonchev–Trinajstić information content (AvgIpc) is 2.71. The maximum atomic E-state index is 4.02. The van der Waals surface area contributed by atoms with Crippen LogP contribution in [0.2, 0.25) is 0 Å². The van der Waals surface area contributed by atoms with E-state index in [1.165, 1.54) is 5.56 Å². The van der Waals surface area contributed by atoms with E-state index in [0.29, 0.717) is 0 Å². The van der Waals surface area contributed by atoms with Crippen LogP contribution in [0.25, 0.3) is 11.1 Å². The van der Waals surface area contributed by atoms with Crippen molar-refractivity contribution < 1.29 is 0 Å². The van der Waals surface area contributed by atoms with Gasteiger partial charge in [0, 0.05) is 30.1 Å². The van der Waals surface area contributed by atoms with Crippen LogP contribution in [-0.2, 0) is 6.54 Å². The molecule has 0 amide bonds. The first-order valence-corrected chi connectivity index (χ1v) is 4.22. The number of H-pyrrole nitrogens is 2. The van der Waals surface area contributed by atoms with Gasteiger partial charge in [0.1, 0.15) is 0 Å². The number of rotatable bonds is 3. The van der Waals surface area contributed by atoms with Gasteiger partial charge in [0.25, 0.3) is 0 Å². The number of hydrogen-bond donors (Lipinski definition) is 3. The van der Waals surface area contributed by atoms with Crippen LogP contribution in [0.4, 0.5) is 0 Å². The minimum atomic E-state index is 0.806.